The van der Waals surface area contributed by atoms with Crippen LogP contribution in [0.25, 0.3) is 5.57 Å². The monoisotopic (exact) mass is 338 g/mol. The van der Waals surface area contributed by atoms with E-state index in [4.69, 9.17) is 16.9 Å². The number of halogens is 7. The first-order valence-corrected chi connectivity index (χ1v) is 6.02. The fraction of sp³-hybridized carbons (Fsp3) is 0.231. The van der Waals surface area contributed by atoms with Crippen LogP contribution in [0.1, 0.15) is 5.56 Å². The lowest BCUT2D eigenvalue weighted by Crippen LogP contribution is -2.46. The van der Waals surface area contributed by atoms with E-state index < -0.39 is 29.0 Å². The second-order valence-electron chi connectivity index (χ2n) is 4.37. The maximum absolute atomic E-state index is 13.2. The Morgan fingerprint density at radius 1 is 1.05 bits per heavy atom. The van der Waals surface area contributed by atoms with E-state index >= 15 is 0 Å². The fourth-order valence-corrected chi connectivity index (χ4v) is 2.18. The molecule has 1 aliphatic rings. The van der Waals surface area contributed by atoms with Crippen LogP contribution in [0.2, 0.25) is 5.02 Å². The summed E-state index contributed by atoms with van der Waals surface area (Å²) in [6, 6.07) is 5.36. The minimum absolute atomic E-state index is 0.165. The number of nitriles is 1. The zero-order valence-electron chi connectivity index (χ0n) is 10.4. The van der Waals surface area contributed by atoms with Gasteiger partial charge in [0, 0.05) is 16.8 Å². The molecule has 0 saturated carbocycles. The molecule has 0 saturated heterocycles. The summed E-state index contributed by atoms with van der Waals surface area (Å²) in [5.74, 6) is 0. The third-order valence-corrected chi connectivity index (χ3v) is 3.28. The Hall–Kier alpha value is -2.01. The lowest BCUT2D eigenvalue weighted by atomic mass is 9.87. The van der Waals surface area contributed by atoms with Crippen molar-refractivity contribution < 1.29 is 26.3 Å². The van der Waals surface area contributed by atoms with Crippen molar-refractivity contribution in [3.63, 3.8) is 0 Å². The highest BCUT2D eigenvalue weighted by molar-refractivity contribution is 6.30. The van der Waals surface area contributed by atoms with Gasteiger partial charge in [-0.25, -0.2) is 0 Å². The summed E-state index contributed by atoms with van der Waals surface area (Å²) in [6.45, 7) is 0. The highest BCUT2D eigenvalue weighted by Gasteiger charge is 2.67. The molecule has 22 heavy (non-hydrogen) atoms. The number of alkyl halides is 6. The molecule has 2 rings (SSSR count). The normalized spacial score (nSPS) is 22.1. The summed E-state index contributed by atoms with van der Waals surface area (Å²) in [5.41, 5.74) is -6.97. The summed E-state index contributed by atoms with van der Waals surface area (Å²) in [6.07, 6.45) is -10.5. The summed E-state index contributed by atoms with van der Waals surface area (Å²) < 4.78 is 78.7. The molecule has 0 radical (unpaired) electrons. The van der Waals surface area contributed by atoms with Gasteiger partial charge in [0.2, 0.25) is 0 Å². The third kappa shape index (κ3) is 2.46. The zero-order valence-corrected chi connectivity index (χ0v) is 11.2. The van der Waals surface area contributed by atoms with Crippen LogP contribution < -0.4 is 0 Å². The van der Waals surface area contributed by atoms with Gasteiger partial charge >= 0.3 is 12.4 Å². The molecule has 1 heterocycles. The van der Waals surface area contributed by atoms with E-state index in [1.54, 1.807) is 0 Å². The van der Waals surface area contributed by atoms with Crippen LogP contribution in [0.3, 0.4) is 0 Å². The SMILES string of the molecule is N#CC1(C(F)(F)F)N=CC(c2ccc(Cl)cc2)=C1C(F)(F)F. The van der Waals surface area contributed by atoms with Crippen molar-refractivity contribution in [2.75, 3.05) is 0 Å². The molecule has 1 unspecified atom stereocenters. The van der Waals surface area contributed by atoms with Crippen molar-refractivity contribution in [3.8, 4) is 6.07 Å². The second-order valence-corrected chi connectivity index (χ2v) is 4.81. The molecule has 1 atom stereocenters. The molecule has 0 spiro atoms. The van der Waals surface area contributed by atoms with Crippen molar-refractivity contribution in [1.29, 1.82) is 5.26 Å². The molecule has 0 aromatic heterocycles. The standard InChI is InChI=1S/C13H5ClF6N2/c14-8-3-1-7(2-4-8)9-5-22-11(6-21,13(18,19)20)10(9)12(15,16)17/h1-5H. The average Bonchev–Trinajstić information content (AvgIpc) is 2.79. The summed E-state index contributed by atoms with van der Waals surface area (Å²) >= 11 is 5.60. The quantitative estimate of drug-likeness (QED) is 0.691. The first-order chi connectivity index (χ1) is 10.0. The van der Waals surface area contributed by atoms with E-state index in [0.717, 1.165) is 12.1 Å². The van der Waals surface area contributed by atoms with Gasteiger partial charge in [-0.1, -0.05) is 23.7 Å². The van der Waals surface area contributed by atoms with E-state index in [1.165, 1.54) is 12.1 Å². The fourth-order valence-electron chi connectivity index (χ4n) is 2.05. The summed E-state index contributed by atoms with van der Waals surface area (Å²) in [4.78, 5) is 2.85. The molecule has 0 N–H and O–H groups in total. The van der Waals surface area contributed by atoms with Crippen LogP contribution in [0.15, 0.2) is 34.8 Å². The van der Waals surface area contributed by atoms with Gasteiger partial charge in [-0.3, -0.25) is 4.99 Å². The van der Waals surface area contributed by atoms with E-state index in [0.29, 0.717) is 12.3 Å². The first kappa shape index (κ1) is 16.4. The first-order valence-electron chi connectivity index (χ1n) is 5.64. The lowest BCUT2D eigenvalue weighted by Gasteiger charge is -2.26. The smallest absolute Gasteiger partial charge is 0.257 e. The van der Waals surface area contributed by atoms with E-state index in [1.807, 2.05) is 0 Å². The van der Waals surface area contributed by atoms with Crippen molar-refractivity contribution in [2.24, 2.45) is 4.99 Å². The molecule has 0 fully saturated rings. The number of allylic oxidation sites excluding steroid dienone is 1. The Bertz CT molecular complexity index is 693. The number of rotatable bonds is 1. The molecule has 1 aromatic carbocycles. The van der Waals surface area contributed by atoms with Crippen molar-refractivity contribution >= 4 is 23.4 Å². The number of nitrogens with zero attached hydrogens (tertiary/aromatic N) is 2. The summed E-state index contributed by atoms with van der Waals surface area (Å²) in [5, 5.41) is 8.96. The van der Waals surface area contributed by atoms with Gasteiger partial charge in [0.05, 0.1) is 5.57 Å². The predicted octanol–water partition coefficient (Wildman–Crippen LogP) is 4.56. The van der Waals surface area contributed by atoms with Crippen LogP contribution in [0.5, 0.6) is 0 Å². The molecular formula is C13H5ClF6N2. The minimum atomic E-state index is -5.50. The van der Waals surface area contributed by atoms with Gasteiger partial charge in [-0.05, 0) is 17.7 Å². The van der Waals surface area contributed by atoms with Gasteiger partial charge in [0.15, 0.2) is 0 Å². The van der Waals surface area contributed by atoms with Crippen molar-refractivity contribution in [2.45, 2.75) is 17.9 Å². The van der Waals surface area contributed by atoms with Crippen LogP contribution >= 0.6 is 11.6 Å². The maximum Gasteiger partial charge on any atom is 0.431 e. The Morgan fingerprint density at radius 2 is 1.59 bits per heavy atom. The maximum atomic E-state index is 13.2. The van der Waals surface area contributed by atoms with Gasteiger partial charge < -0.3 is 0 Å². The van der Waals surface area contributed by atoms with E-state index in [-0.39, 0.29) is 10.6 Å². The minimum Gasteiger partial charge on any atom is -0.257 e. The Labute approximate surface area is 125 Å². The predicted molar refractivity (Wildman–Crippen MR) is 67.3 cm³/mol. The van der Waals surface area contributed by atoms with Gasteiger partial charge in [-0.15, -0.1) is 0 Å². The van der Waals surface area contributed by atoms with E-state index in [2.05, 4.69) is 4.99 Å². The van der Waals surface area contributed by atoms with Crippen LogP contribution in [0.4, 0.5) is 26.3 Å². The van der Waals surface area contributed by atoms with Crippen LogP contribution in [-0.2, 0) is 0 Å². The number of hydrogen-bond acceptors (Lipinski definition) is 2. The Morgan fingerprint density at radius 3 is 2.00 bits per heavy atom. The molecule has 0 amide bonds. The molecule has 9 heteroatoms. The molecule has 116 valence electrons. The summed E-state index contributed by atoms with van der Waals surface area (Å²) in [7, 11) is 0. The average molecular weight is 339 g/mol. The van der Waals surface area contributed by atoms with Gasteiger partial charge in [-0.2, -0.15) is 31.6 Å². The van der Waals surface area contributed by atoms with Crippen LogP contribution in [-0.4, -0.2) is 24.1 Å². The van der Waals surface area contributed by atoms with Crippen molar-refractivity contribution in [1.82, 2.24) is 0 Å². The molecule has 1 aromatic rings. The number of aliphatic imine (C=N–C) groups is 1. The van der Waals surface area contributed by atoms with Crippen LogP contribution in [0, 0.1) is 11.3 Å². The van der Waals surface area contributed by atoms with Gasteiger partial charge in [0.1, 0.15) is 6.07 Å². The molecular weight excluding hydrogens is 334 g/mol. The Balaban J connectivity index is 2.76. The topological polar surface area (TPSA) is 36.1 Å². The van der Waals surface area contributed by atoms with E-state index in [9.17, 15) is 26.3 Å². The third-order valence-electron chi connectivity index (χ3n) is 3.03. The number of benzene rings is 1. The zero-order chi connectivity index (χ0) is 16.8. The molecule has 2 nitrogen and oxygen atoms in total. The largest absolute Gasteiger partial charge is 0.431 e. The second kappa shape index (κ2) is 5.02. The number of hydrogen-bond donors (Lipinski definition) is 0. The molecule has 1 aliphatic heterocycles. The lowest BCUT2D eigenvalue weighted by molar-refractivity contribution is -0.178. The molecule has 0 bridgehead atoms. The Kier molecular flexibility index (Phi) is 3.73. The highest BCUT2D eigenvalue weighted by atomic mass is 35.5. The van der Waals surface area contributed by atoms with Gasteiger partial charge in [0.25, 0.3) is 5.54 Å². The molecule has 0 aliphatic carbocycles. The highest BCUT2D eigenvalue weighted by Crippen LogP contribution is 2.51. The van der Waals surface area contributed by atoms with Crippen molar-refractivity contribution in [3.05, 3.63) is 40.4 Å².